The molecule has 0 bridgehead atoms. The fourth-order valence-corrected chi connectivity index (χ4v) is 7.96. The zero-order valence-electron chi connectivity index (χ0n) is 27.3. The molecule has 1 spiro atoms. The summed E-state index contributed by atoms with van der Waals surface area (Å²) in [7, 11) is 5.39. The van der Waals surface area contributed by atoms with Gasteiger partial charge in [0.05, 0.1) is 38.4 Å². The summed E-state index contributed by atoms with van der Waals surface area (Å²) < 4.78 is 25.6. The smallest absolute Gasteiger partial charge is 0.349 e. The number of H-pyrrole nitrogens is 1. The number of likely N-dealkylation sites (tertiary alicyclic amines) is 1. The Morgan fingerprint density at radius 2 is 1.81 bits per heavy atom. The maximum atomic E-state index is 12.7. The SMILES string of the molecule is COc1ccc([C@]23CCN(C)C2CC2(CC3)OC[C@H]([C@@H](O)[C@@H](O)Cn3c4nc(=O)[nH]c(=O)c-4nc4cc(C)c(C)cc43)O2)cc1OC. The Labute approximate surface area is 271 Å². The molecule has 5 aliphatic rings. The Morgan fingerprint density at radius 3 is 2.57 bits per heavy atom. The van der Waals surface area contributed by atoms with Gasteiger partial charge in [0.15, 0.2) is 28.8 Å². The number of aryl methyl sites for hydroxylation is 2. The molecule has 13 heteroatoms. The van der Waals surface area contributed by atoms with Crippen molar-refractivity contribution in [2.45, 2.75) is 81.6 Å². The molecule has 0 amide bonds. The van der Waals surface area contributed by atoms with Crippen LogP contribution in [0.2, 0.25) is 0 Å². The highest BCUT2D eigenvalue weighted by Crippen LogP contribution is 2.54. The van der Waals surface area contributed by atoms with Gasteiger partial charge in [0.1, 0.15) is 18.3 Å². The van der Waals surface area contributed by atoms with E-state index in [1.807, 2.05) is 32.0 Å². The van der Waals surface area contributed by atoms with Crippen molar-refractivity contribution in [2.75, 3.05) is 34.4 Å². The third-order valence-electron chi connectivity index (χ3n) is 10.7. The minimum atomic E-state index is -1.33. The number of aliphatic hydroxyl groups excluding tert-OH is 2. The fourth-order valence-electron chi connectivity index (χ4n) is 7.96. The van der Waals surface area contributed by atoms with E-state index in [4.69, 9.17) is 18.9 Å². The van der Waals surface area contributed by atoms with E-state index in [-0.39, 0.29) is 36.1 Å². The van der Waals surface area contributed by atoms with Crippen molar-refractivity contribution in [1.29, 1.82) is 0 Å². The predicted molar refractivity (Wildman–Crippen MR) is 172 cm³/mol. The van der Waals surface area contributed by atoms with Gasteiger partial charge in [-0.25, -0.2) is 9.78 Å². The summed E-state index contributed by atoms with van der Waals surface area (Å²) in [6, 6.07) is 10.00. The average molecular weight is 648 g/mol. The largest absolute Gasteiger partial charge is 0.493 e. The van der Waals surface area contributed by atoms with E-state index in [9.17, 15) is 19.8 Å². The zero-order chi connectivity index (χ0) is 33.2. The molecular formula is C34H41N5O8. The highest BCUT2D eigenvalue weighted by Gasteiger charge is 2.58. The number of benzene rings is 2. The molecule has 3 fully saturated rings. The molecule has 0 aromatic heterocycles. The number of nitrogens with one attached hydrogen (secondary N) is 1. The molecule has 250 valence electrons. The molecule has 1 aliphatic carbocycles. The van der Waals surface area contributed by atoms with Crippen LogP contribution < -0.4 is 20.7 Å². The first-order valence-electron chi connectivity index (χ1n) is 16.0. The number of methoxy groups -OCH3 is 2. The van der Waals surface area contributed by atoms with Crippen LogP contribution in [0.5, 0.6) is 11.5 Å². The maximum Gasteiger partial charge on any atom is 0.349 e. The number of rotatable bonds is 7. The molecule has 6 atom stereocenters. The standard InChI is InChI=1S/C34H41N5O8/c1-18-12-21-22(13-19(18)2)39(30-28(35-21)31(42)37-32(43)36-30)16-23(40)29(41)26-17-46-34(47-26)9-8-33(10-11-38(3)27(33)15-34)20-6-7-24(44-4)25(14-20)45-5/h6-7,12-14,23,26-27,29,40-41H,8-11,15-17H2,1-5H3,(H,37,42,43)/t23-,26+,27?,29-,33-,34?/m0/s1. The van der Waals surface area contributed by atoms with Gasteiger partial charge >= 0.3 is 5.69 Å². The topological polar surface area (TPSA) is 161 Å². The fraction of sp³-hybridized carbons (Fsp3) is 0.529. The van der Waals surface area contributed by atoms with Crippen LogP contribution in [-0.4, -0.2) is 99.2 Å². The van der Waals surface area contributed by atoms with Crippen LogP contribution in [0.3, 0.4) is 0 Å². The molecule has 2 saturated heterocycles. The van der Waals surface area contributed by atoms with Crippen molar-refractivity contribution in [3.8, 4) is 23.0 Å². The van der Waals surface area contributed by atoms with Gasteiger partial charge in [0.2, 0.25) is 0 Å². The van der Waals surface area contributed by atoms with Crippen LogP contribution in [0.25, 0.3) is 22.6 Å². The van der Waals surface area contributed by atoms with Crippen molar-refractivity contribution < 1.29 is 29.2 Å². The lowest BCUT2D eigenvalue weighted by atomic mass is 9.64. The van der Waals surface area contributed by atoms with Gasteiger partial charge in [-0.3, -0.25) is 9.78 Å². The highest BCUT2D eigenvalue weighted by atomic mass is 16.7. The molecule has 13 nitrogen and oxygen atoms in total. The van der Waals surface area contributed by atoms with Crippen molar-refractivity contribution >= 4 is 11.0 Å². The average Bonchev–Trinajstić information content (AvgIpc) is 3.62. The van der Waals surface area contributed by atoms with E-state index in [2.05, 4.69) is 39.0 Å². The Balaban J connectivity index is 1.13. The minimum Gasteiger partial charge on any atom is -0.493 e. The lowest BCUT2D eigenvalue weighted by molar-refractivity contribution is -0.215. The van der Waals surface area contributed by atoms with Gasteiger partial charge in [-0.15, -0.1) is 0 Å². The van der Waals surface area contributed by atoms with Crippen LogP contribution in [0.15, 0.2) is 39.9 Å². The number of aromatic amines is 1. The summed E-state index contributed by atoms with van der Waals surface area (Å²) in [6.07, 6.45) is -0.431. The first-order valence-corrected chi connectivity index (χ1v) is 16.0. The second-order valence-corrected chi connectivity index (χ2v) is 13.3. The first-order chi connectivity index (χ1) is 22.5. The molecule has 3 N–H and O–H groups in total. The van der Waals surface area contributed by atoms with Gasteiger partial charge in [-0.2, -0.15) is 4.98 Å². The second kappa shape index (κ2) is 11.7. The Bertz CT molecular complexity index is 1930. The number of ether oxygens (including phenoxy) is 4. The lowest BCUT2D eigenvalue weighted by Gasteiger charge is -2.48. The first kappa shape index (κ1) is 31.7. The van der Waals surface area contributed by atoms with Crippen LogP contribution >= 0.6 is 0 Å². The van der Waals surface area contributed by atoms with Crippen LogP contribution in [0, 0.1) is 13.8 Å². The van der Waals surface area contributed by atoms with E-state index < -0.39 is 35.3 Å². The number of fused-ring (bicyclic) bond motifs is 3. The Kier molecular flexibility index (Phi) is 7.87. The number of hydrogen-bond donors (Lipinski definition) is 3. The monoisotopic (exact) mass is 647 g/mol. The molecule has 0 radical (unpaired) electrons. The van der Waals surface area contributed by atoms with Crippen LogP contribution in [-0.2, 0) is 21.4 Å². The van der Waals surface area contributed by atoms with E-state index in [1.54, 1.807) is 18.8 Å². The number of aliphatic hydroxyl groups is 2. The molecule has 2 unspecified atom stereocenters. The number of nitrogens with zero attached hydrogens (tertiary/aromatic N) is 4. The van der Waals surface area contributed by atoms with Crippen molar-refractivity contribution in [2.24, 2.45) is 0 Å². The summed E-state index contributed by atoms with van der Waals surface area (Å²) in [5, 5.41) is 22.9. The number of hydrogen-bond acceptors (Lipinski definition) is 11. The van der Waals surface area contributed by atoms with Gasteiger partial charge in [0.25, 0.3) is 5.56 Å². The second-order valence-electron chi connectivity index (χ2n) is 13.3. The van der Waals surface area contributed by atoms with Crippen molar-refractivity contribution in [3.05, 3.63) is 67.9 Å². The summed E-state index contributed by atoms with van der Waals surface area (Å²) in [4.78, 5) is 37.9. The summed E-state index contributed by atoms with van der Waals surface area (Å²) >= 11 is 0. The van der Waals surface area contributed by atoms with E-state index in [1.165, 1.54) is 5.56 Å². The Morgan fingerprint density at radius 1 is 1.04 bits per heavy atom. The van der Waals surface area contributed by atoms with Gasteiger partial charge in [-0.1, -0.05) is 6.07 Å². The van der Waals surface area contributed by atoms with E-state index >= 15 is 0 Å². The minimum absolute atomic E-state index is 0.0257. The molecule has 2 aromatic carbocycles. The van der Waals surface area contributed by atoms with E-state index in [0.717, 1.165) is 30.5 Å². The normalized spacial score (nSPS) is 27.4. The van der Waals surface area contributed by atoms with Crippen LogP contribution in [0.1, 0.15) is 42.4 Å². The van der Waals surface area contributed by atoms with E-state index in [0.29, 0.717) is 35.4 Å². The number of likely N-dealkylation sites (N-methyl/N-ethyl adjacent to an activating group) is 1. The number of aromatic nitrogens is 4. The lowest BCUT2D eigenvalue weighted by Crippen LogP contribution is -2.53. The molecule has 7 rings (SSSR count). The van der Waals surface area contributed by atoms with Crippen molar-refractivity contribution in [1.82, 2.24) is 24.4 Å². The van der Waals surface area contributed by atoms with Gasteiger partial charge < -0.3 is 38.6 Å². The quantitative estimate of drug-likeness (QED) is 0.251. The Hall–Kier alpha value is -3.88. The predicted octanol–water partition coefficient (Wildman–Crippen LogP) is 1.88. The highest BCUT2D eigenvalue weighted by molar-refractivity contribution is 5.81. The zero-order valence-corrected chi connectivity index (χ0v) is 27.3. The molecular weight excluding hydrogens is 606 g/mol. The molecule has 1 saturated carbocycles. The van der Waals surface area contributed by atoms with Crippen LogP contribution in [0.4, 0.5) is 0 Å². The van der Waals surface area contributed by atoms with Gasteiger partial charge in [-0.05, 0) is 81.2 Å². The van der Waals surface area contributed by atoms with Crippen molar-refractivity contribution in [3.63, 3.8) is 0 Å². The molecule has 2 aromatic rings. The molecule has 47 heavy (non-hydrogen) atoms. The maximum absolute atomic E-state index is 12.7. The summed E-state index contributed by atoms with van der Waals surface area (Å²) in [6.45, 7) is 4.75. The summed E-state index contributed by atoms with van der Waals surface area (Å²) in [5.41, 5.74) is 2.58. The van der Waals surface area contributed by atoms with Gasteiger partial charge in [0, 0.05) is 24.3 Å². The molecule has 4 heterocycles. The summed E-state index contributed by atoms with van der Waals surface area (Å²) in [5.74, 6) is 0.512. The third kappa shape index (κ3) is 5.21. The molecule has 4 aliphatic heterocycles. The third-order valence-corrected chi connectivity index (χ3v) is 10.7.